The van der Waals surface area contributed by atoms with Crippen LogP contribution in [0.1, 0.15) is 44.6 Å². The fraction of sp³-hybridized carbons (Fsp3) is 0.387. The lowest BCUT2D eigenvalue weighted by Gasteiger charge is -2.38. The van der Waals surface area contributed by atoms with E-state index >= 15 is 0 Å². The van der Waals surface area contributed by atoms with E-state index in [1.165, 1.54) is 5.56 Å². The molecule has 2 amide bonds. The number of likely N-dealkylation sites (tertiary alicyclic amines) is 1. The first kappa shape index (κ1) is 32.2. The van der Waals surface area contributed by atoms with Crippen molar-refractivity contribution in [3.05, 3.63) is 84.4 Å². The van der Waals surface area contributed by atoms with Crippen LogP contribution in [0.15, 0.2) is 78.9 Å². The topological polar surface area (TPSA) is 91.0 Å². The molecule has 0 bridgehead atoms. The minimum Gasteiger partial charge on any atom is -0.457 e. The van der Waals surface area contributed by atoms with Gasteiger partial charge in [-0.25, -0.2) is 13.2 Å². The smallest absolute Gasteiger partial charge is 0.322 e. The molecule has 0 unspecified atom stereocenters. The SMILES string of the molecule is CCCCCN(C(=O)Nc1ccccc1)C1CCN(Cc2ccc(Oc3ccc(NS(C)(=O)=O)cc3)cc2)CC1.Cl. The van der Waals surface area contributed by atoms with Gasteiger partial charge in [0.05, 0.1) is 6.26 Å². The number of halogens is 1. The van der Waals surface area contributed by atoms with Gasteiger partial charge in [-0.1, -0.05) is 50.1 Å². The first-order valence-corrected chi connectivity index (χ1v) is 15.9. The number of hydrogen-bond acceptors (Lipinski definition) is 5. The minimum atomic E-state index is -3.31. The molecule has 0 aliphatic carbocycles. The first-order chi connectivity index (χ1) is 19.3. The second kappa shape index (κ2) is 15.7. The van der Waals surface area contributed by atoms with Gasteiger partial charge in [0.1, 0.15) is 11.5 Å². The van der Waals surface area contributed by atoms with Crippen LogP contribution in [-0.4, -0.2) is 56.2 Å². The molecule has 1 aliphatic heterocycles. The van der Waals surface area contributed by atoms with Gasteiger partial charge in [0, 0.05) is 43.6 Å². The lowest BCUT2D eigenvalue weighted by atomic mass is 10.0. The molecule has 8 nitrogen and oxygen atoms in total. The van der Waals surface area contributed by atoms with Crippen LogP contribution >= 0.6 is 12.4 Å². The molecular weight excluding hydrogens is 560 g/mol. The molecule has 0 radical (unpaired) electrons. The van der Waals surface area contributed by atoms with E-state index in [1.807, 2.05) is 42.5 Å². The Bertz CT molecular complexity index is 1310. The number of hydrogen-bond donors (Lipinski definition) is 2. The van der Waals surface area contributed by atoms with Gasteiger partial charge in [-0.2, -0.15) is 0 Å². The van der Waals surface area contributed by atoms with E-state index in [2.05, 4.69) is 38.9 Å². The summed E-state index contributed by atoms with van der Waals surface area (Å²) in [4.78, 5) is 17.7. The van der Waals surface area contributed by atoms with E-state index in [0.29, 0.717) is 11.4 Å². The van der Waals surface area contributed by atoms with Crippen LogP contribution in [0.4, 0.5) is 16.2 Å². The van der Waals surface area contributed by atoms with E-state index < -0.39 is 10.0 Å². The number of carbonyl (C=O) groups is 1. The van der Waals surface area contributed by atoms with Crippen molar-refractivity contribution < 1.29 is 17.9 Å². The first-order valence-electron chi connectivity index (χ1n) is 14.0. The Balaban J connectivity index is 0.00000462. The van der Waals surface area contributed by atoms with Gasteiger partial charge >= 0.3 is 6.03 Å². The highest BCUT2D eigenvalue weighted by Crippen LogP contribution is 2.25. The Kier molecular flexibility index (Phi) is 12.3. The summed E-state index contributed by atoms with van der Waals surface area (Å²) in [5.74, 6) is 1.35. The molecule has 0 aromatic heterocycles. The standard InChI is InChI=1S/C31H40N4O4S.ClH/c1-3-4-8-21-35(31(36)32-26-9-6-5-7-10-26)28-19-22-34(23-20-28)24-25-11-15-29(16-12-25)39-30-17-13-27(14-18-30)33-40(2,37)38;/h5-7,9-18,28,33H,3-4,8,19-24H2,1-2H3,(H,32,36);1H. The molecule has 4 rings (SSSR count). The summed E-state index contributed by atoms with van der Waals surface area (Å²) in [5.41, 5.74) is 2.54. The quantitative estimate of drug-likeness (QED) is 0.219. The second-order valence-corrected chi connectivity index (χ2v) is 12.1. The van der Waals surface area contributed by atoms with E-state index in [0.717, 1.165) is 76.0 Å². The molecule has 10 heteroatoms. The number of amides is 2. The van der Waals surface area contributed by atoms with Gasteiger partial charge in [-0.3, -0.25) is 9.62 Å². The van der Waals surface area contributed by atoms with Crippen molar-refractivity contribution in [3.8, 4) is 11.5 Å². The third-order valence-corrected chi connectivity index (χ3v) is 7.62. The highest BCUT2D eigenvalue weighted by molar-refractivity contribution is 7.92. The molecule has 1 heterocycles. The molecule has 41 heavy (non-hydrogen) atoms. The normalized spacial score (nSPS) is 14.1. The van der Waals surface area contributed by atoms with Gasteiger partial charge < -0.3 is 15.0 Å². The van der Waals surface area contributed by atoms with E-state index in [9.17, 15) is 13.2 Å². The number of unbranched alkanes of at least 4 members (excludes halogenated alkanes) is 2. The maximum Gasteiger partial charge on any atom is 0.322 e. The third kappa shape index (κ3) is 10.6. The van der Waals surface area contributed by atoms with Crippen molar-refractivity contribution in [2.24, 2.45) is 0 Å². The largest absolute Gasteiger partial charge is 0.457 e. The van der Waals surface area contributed by atoms with Crippen molar-refractivity contribution in [2.45, 2.75) is 51.6 Å². The maximum absolute atomic E-state index is 13.2. The third-order valence-electron chi connectivity index (χ3n) is 7.01. The lowest BCUT2D eigenvalue weighted by Crippen LogP contribution is -2.49. The molecule has 0 saturated carbocycles. The van der Waals surface area contributed by atoms with Gasteiger partial charge in [0.2, 0.25) is 10.0 Å². The number of ether oxygens (including phenoxy) is 1. The maximum atomic E-state index is 13.2. The van der Waals surface area contributed by atoms with E-state index in [1.54, 1.807) is 24.3 Å². The number of para-hydroxylation sites is 1. The van der Waals surface area contributed by atoms with Crippen LogP contribution in [0, 0.1) is 0 Å². The highest BCUT2D eigenvalue weighted by Gasteiger charge is 2.28. The number of piperidine rings is 1. The number of rotatable bonds is 12. The van der Waals surface area contributed by atoms with Crippen molar-refractivity contribution >= 4 is 39.8 Å². The van der Waals surface area contributed by atoms with E-state index in [4.69, 9.17) is 4.74 Å². The zero-order valence-corrected chi connectivity index (χ0v) is 25.4. The Morgan fingerprint density at radius 2 is 1.51 bits per heavy atom. The minimum absolute atomic E-state index is 0. The van der Waals surface area contributed by atoms with Gasteiger partial charge in [0.15, 0.2) is 0 Å². The Morgan fingerprint density at radius 1 is 0.902 bits per heavy atom. The number of benzene rings is 3. The van der Waals surface area contributed by atoms with Gasteiger partial charge in [-0.15, -0.1) is 12.4 Å². The average Bonchev–Trinajstić information content (AvgIpc) is 2.94. The lowest BCUT2D eigenvalue weighted by molar-refractivity contribution is 0.122. The average molecular weight is 601 g/mol. The molecule has 3 aromatic rings. The summed E-state index contributed by atoms with van der Waals surface area (Å²) in [7, 11) is -3.31. The molecule has 1 aliphatic rings. The summed E-state index contributed by atoms with van der Waals surface area (Å²) in [6.07, 6.45) is 6.31. The van der Waals surface area contributed by atoms with Crippen LogP contribution in [0.25, 0.3) is 0 Å². The zero-order valence-electron chi connectivity index (χ0n) is 23.8. The predicted molar refractivity (Wildman–Crippen MR) is 169 cm³/mol. The van der Waals surface area contributed by atoms with Crippen molar-refractivity contribution in [1.82, 2.24) is 9.80 Å². The fourth-order valence-electron chi connectivity index (χ4n) is 4.95. The molecule has 3 aromatic carbocycles. The molecule has 1 saturated heterocycles. The molecule has 0 spiro atoms. The van der Waals surface area contributed by atoms with Crippen LogP contribution in [-0.2, 0) is 16.6 Å². The fourth-order valence-corrected chi connectivity index (χ4v) is 5.51. The highest BCUT2D eigenvalue weighted by atomic mass is 35.5. The molecule has 222 valence electrons. The molecule has 2 N–H and O–H groups in total. The number of nitrogens with zero attached hydrogens (tertiary/aromatic N) is 2. The number of anilines is 2. The van der Waals surface area contributed by atoms with Crippen LogP contribution in [0.3, 0.4) is 0 Å². The number of carbonyl (C=O) groups excluding carboxylic acids is 1. The summed E-state index contributed by atoms with van der Waals surface area (Å²) >= 11 is 0. The Morgan fingerprint density at radius 3 is 2.10 bits per heavy atom. The van der Waals surface area contributed by atoms with Crippen LogP contribution in [0.5, 0.6) is 11.5 Å². The second-order valence-electron chi connectivity index (χ2n) is 10.3. The van der Waals surface area contributed by atoms with Crippen molar-refractivity contribution in [2.75, 3.05) is 35.9 Å². The Labute approximate surface area is 250 Å². The Hall–Kier alpha value is -3.27. The summed E-state index contributed by atoms with van der Waals surface area (Å²) in [6.45, 7) is 5.71. The summed E-state index contributed by atoms with van der Waals surface area (Å²) < 4.78 is 31.1. The van der Waals surface area contributed by atoms with Gasteiger partial charge in [-0.05, 0) is 73.4 Å². The van der Waals surface area contributed by atoms with Crippen LogP contribution in [0.2, 0.25) is 0 Å². The molecule has 1 fully saturated rings. The number of sulfonamides is 1. The van der Waals surface area contributed by atoms with E-state index in [-0.39, 0.29) is 24.5 Å². The van der Waals surface area contributed by atoms with Crippen molar-refractivity contribution in [3.63, 3.8) is 0 Å². The van der Waals surface area contributed by atoms with Gasteiger partial charge in [0.25, 0.3) is 0 Å². The number of urea groups is 1. The zero-order chi connectivity index (χ0) is 28.4. The molecular formula is C31H41ClN4O4S. The summed E-state index contributed by atoms with van der Waals surface area (Å²) in [5, 5.41) is 3.09. The van der Waals surface area contributed by atoms with Crippen molar-refractivity contribution in [1.29, 1.82) is 0 Å². The predicted octanol–water partition coefficient (Wildman–Crippen LogP) is 6.96. The summed E-state index contributed by atoms with van der Waals surface area (Å²) in [6, 6.07) is 24.8. The van der Waals surface area contributed by atoms with Crippen LogP contribution < -0.4 is 14.8 Å². The number of nitrogens with one attached hydrogen (secondary N) is 2. The molecule has 0 atom stereocenters. The monoisotopic (exact) mass is 600 g/mol.